The number of carbonyl (C=O) groups excluding carboxylic acids is 1. The van der Waals surface area contributed by atoms with E-state index in [0.717, 1.165) is 16.9 Å². The first-order valence-electron chi connectivity index (χ1n) is 8.51. The molecule has 0 bridgehead atoms. The van der Waals surface area contributed by atoms with Crippen LogP contribution in [0, 0.1) is 0 Å². The highest BCUT2D eigenvalue weighted by Crippen LogP contribution is 2.20. The molecule has 134 valence electrons. The molecule has 1 amide bonds. The maximum absolute atomic E-state index is 12.3. The van der Waals surface area contributed by atoms with Gasteiger partial charge in [0.2, 0.25) is 5.91 Å². The van der Waals surface area contributed by atoms with Crippen molar-refractivity contribution in [2.75, 3.05) is 0 Å². The van der Waals surface area contributed by atoms with Gasteiger partial charge in [0.25, 0.3) is 0 Å². The Morgan fingerprint density at radius 2 is 1.81 bits per heavy atom. The summed E-state index contributed by atoms with van der Waals surface area (Å²) in [4.78, 5) is 28.2. The van der Waals surface area contributed by atoms with E-state index in [2.05, 4.69) is 28.7 Å². The lowest BCUT2D eigenvalue weighted by Crippen LogP contribution is -2.27. The predicted molar refractivity (Wildman–Crippen MR) is 99.1 cm³/mol. The van der Waals surface area contributed by atoms with Crippen molar-refractivity contribution >= 4 is 22.9 Å². The van der Waals surface area contributed by atoms with Crippen molar-refractivity contribution in [1.29, 1.82) is 0 Å². The molecule has 0 saturated heterocycles. The zero-order valence-electron chi connectivity index (χ0n) is 14.8. The minimum Gasteiger partial charge on any atom is -0.478 e. The molecule has 26 heavy (non-hydrogen) atoms. The molecule has 0 aliphatic heterocycles. The molecule has 0 unspecified atom stereocenters. The van der Waals surface area contributed by atoms with Gasteiger partial charge in [-0.25, -0.2) is 9.78 Å². The molecular formula is C20H21N3O3. The number of aromatic nitrogens is 2. The summed E-state index contributed by atoms with van der Waals surface area (Å²) in [7, 11) is 0. The van der Waals surface area contributed by atoms with Gasteiger partial charge >= 0.3 is 5.97 Å². The number of aromatic carboxylic acids is 1. The third-order valence-electron chi connectivity index (χ3n) is 4.23. The zero-order valence-corrected chi connectivity index (χ0v) is 14.8. The third kappa shape index (κ3) is 3.59. The monoisotopic (exact) mass is 351 g/mol. The Hall–Kier alpha value is -3.15. The number of hydrogen-bond donors (Lipinski definition) is 2. The van der Waals surface area contributed by atoms with Crippen molar-refractivity contribution in [2.45, 2.75) is 32.9 Å². The molecule has 3 aromatic rings. The van der Waals surface area contributed by atoms with E-state index in [9.17, 15) is 14.7 Å². The molecule has 6 nitrogen and oxygen atoms in total. The van der Waals surface area contributed by atoms with Crippen LogP contribution in [-0.2, 0) is 17.8 Å². The van der Waals surface area contributed by atoms with E-state index >= 15 is 0 Å². The lowest BCUT2D eigenvalue weighted by Gasteiger charge is -2.13. The molecule has 0 aliphatic carbocycles. The van der Waals surface area contributed by atoms with E-state index in [1.54, 1.807) is 18.2 Å². The molecule has 0 aliphatic rings. The molecule has 1 heterocycles. The summed E-state index contributed by atoms with van der Waals surface area (Å²) in [6.45, 7) is 4.44. The standard InChI is InChI=1S/C20H21N3O3/c1-13(2)23-17-10-6-5-9-16(17)22-18(23)12-21-19(24)11-14-7-3-4-8-15(14)20(25)26/h3-10,13H,11-12H2,1-2H3,(H,21,24)(H,25,26). The van der Waals surface area contributed by atoms with E-state index in [0.29, 0.717) is 12.1 Å². The van der Waals surface area contributed by atoms with Crippen molar-refractivity contribution < 1.29 is 14.7 Å². The molecule has 0 atom stereocenters. The topological polar surface area (TPSA) is 84.2 Å². The van der Waals surface area contributed by atoms with E-state index in [1.807, 2.05) is 24.3 Å². The van der Waals surface area contributed by atoms with Gasteiger partial charge in [0.15, 0.2) is 0 Å². The predicted octanol–water partition coefficient (Wildman–Crippen LogP) is 3.17. The number of amides is 1. The number of carbonyl (C=O) groups is 2. The maximum atomic E-state index is 12.3. The Balaban J connectivity index is 1.75. The number of imidazole rings is 1. The van der Waals surface area contributed by atoms with Crippen molar-refractivity contribution in [3.63, 3.8) is 0 Å². The summed E-state index contributed by atoms with van der Waals surface area (Å²) in [6, 6.07) is 14.6. The zero-order chi connectivity index (χ0) is 18.7. The van der Waals surface area contributed by atoms with Crippen LogP contribution in [0.2, 0.25) is 0 Å². The fraction of sp³-hybridized carbons (Fsp3) is 0.250. The van der Waals surface area contributed by atoms with Crippen molar-refractivity contribution in [3.05, 3.63) is 65.5 Å². The number of rotatable bonds is 6. The first-order chi connectivity index (χ1) is 12.5. The summed E-state index contributed by atoms with van der Waals surface area (Å²) in [5.41, 5.74) is 2.57. The second kappa shape index (κ2) is 7.39. The van der Waals surface area contributed by atoms with Crippen LogP contribution < -0.4 is 5.32 Å². The molecule has 6 heteroatoms. The van der Waals surface area contributed by atoms with Crippen molar-refractivity contribution in [2.24, 2.45) is 0 Å². The molecule has 3 rings (SSSR count). The molecule has 0 fully saturated rings. The summed E-state index contributed by atoms with van der Waals surface area (Å²) in [5, 5.41) is 12.1. The highest BCUT2D eigenvalue weighted by Gasteiger charge is 2.15. The van der Waals surface area contributed by atoms with Crippen LogP contribution in [-0.4, -0.2) is 26.5 Å². The summed E-state index contributed by atoms with van der Waals surface area (Å²) in [6.07, 6.45) is 0.0182. The van der Waals surface area contributed by atoms with Crippen LogP contribution in [0.3, 0.4) is 0 Å². The van der Waals surface area contributed by atoms with Crippen LogP contribution >= 0.6 is 0 Å². The Bertz CT molecular complexity index is 960. The van der Waals surface area contributed by atoms with Gasteiger partial charge < -0.3 is 15.0 Å². The lowest BCUT2D eigenvalue weighted by atomic mass is 10.0. The van der Waals surface area contributed by atoms with Gasteiger partial charge in [-0.1, -0.05) is 30.3 Å². The van der Waals surface area contributed by atoms with Crippen LogP contribution in [0.15, 0.2) is 48.5 Å². The van der Waals surface area contributed by atoms with Gasteiger partial charge in [0.05, 0.1) is 29.6 Å². The quantitative estimate of drug-likeness (QED) is 0.714. The largest absolute Gasteiger partial charge is 0.478 e. The Morgan fingerprint density at radius 3 is 2.54 bits per heavy atom. The normalized spacial score (nSPS) is 11.0. The van der Waals surface area contributed by atoms with Crippen LogP contribution in [0.4, 0.5) is 0 Å². The second-order valence-corrected chi connectivity index (χ2v) is 6.40. The summed E-state index contributed by atoms with van der Waals surface area (Å²) >= 11 is 0. The van der Waals surface area contributed by atoms with E-state index in [4.69, 9.17) is 0 Å². The highest BCUT2D eigenvalue weighted by molar-refractivity contribution is 5.91. The number of fused-ring (bicyclic) bond motifs is 1. The molecule has 1 aromatic heterocycles. The van der Waals surface area contributed by atoms with Crippen molar-refractivity contribution in [1.82, 2.24) is 14.9 Å². The number of nitrogens with zero attached hydrogens (tertiary/aromatic N) is 2. The molecular weight excluding hydrogens is 330 g/mol. The number of hydrogen-bond acceptors (Lipinski definition) is 3. The number of nitrogens with one attached hydrogen (secondary N) is 1. The Labute approximate surface area is 151 Å². The smallest absolute Gasteiger partial charge is 0.335 e. The SMILES string of the molecule is CC(C)n1c(CNC(=O)Cc2ccccc2C(=O)O)nc2ccccc21. The van der Waals surface area contributed by atoms with E-state index < -0.39 is 5.97 Å². The first kappa shape index (κ1) is 17.7. The van der Waals surface area contributed by atoms with E-state index in [1.165, 1.54) is 6.07 Å². The lowest BCUT2D eigenvalue weighted by molar-refractivity contribution is -0.120. The van der Waals surface area contributed by atoms with Crippen LogP contribution in [0.25, 0.3) is 11.0 Å². The van der Waals surface area contributed by atoms with Crippen LogP contribution in [0.1, 0.15) is 41.6 Å². The molecule has 0 saturated carbocycles. The number of benzene rings is 2. The van der Waals surface area contributed by atoms with Gasteiger partial charge in [-0.2, -0.15) is 0 Å². The average molecular weight is 351 g/mol. The first-order valence-corrected chi connectivity index (χ1v) is 8.51. The minimum atomic E-state index is -1.03. The number of para-hydroxylation sites is 2. The molecule has 2 aromatic carbocycles. The van der Waals surface area contributed by atoms with Crippen molar-refractivity contribution in [3.8, 4) is 0 Å². The van der Waals surface area contributed by atoms with Gasteiger partial charge in [-0.3, -0.25) is 4.79 Å². The van der Waals surface area contributed by atoms with Gasteiger partial charge in [-0.15, -0.1) is 0 Å². The Kier molecular flexibility index (Phi) is 5.02. The summed E-state index contributed by atoms with van der Waals surface area (Å²) < 4.78 is 2.10. The second-order valence-electron chi connectivity index (χ2n) is 6.40. The average Bonchev–Trinajstić information content (AvgIpc) is 2.99. The summed E-state index contributed by atoms with van der Waals surface area (Å²) in [5.74, 6) is -0.489. The third-order valence-corrected chi connectivity index (χ3v) is 4.23. The highest BCUT2D eigenvalue weighted by atomic mass is 16.4. The number of carboxylic acids is 1. The molecule has 0 radical (unpaired) electrons. The maximum Gasteiger partial charge on any atom is 0.335 e. The number of carboxylic acid groups (broad SMARTS) is 1. The fourth-order valence-corrected chi connectivity index (χ4v) is 3.09. The van der Waals surface area contributed by atoms with Crippen LogP contribution in [0.5, 0.6) is 0 Å². The molecule has 0 spiro atoms. The van der Waals surface area contributed by atoms with Gasteiger partial charge in [-0.05, 0) is 37.6 Å². The fourth-order valence-electron chi connectivity index (χ4n) is 3.09. The Morgan fingerprint density at radius 1 is 1.12 bits per heavy atom. The van der Waals surface area contributed by atoms with Gasteiger partial charge in [0, 0.05) is 6.04 Å². The minimum absolute atomic E-state index is 0.0182. The van der Waals surface area contributed by atoms with Gasteiger partial charge in [0.1, 0.15) is 5.82 Å². The van der Waals surface area contributed by atoms with E-state index in [-0.39, 0.29) is 23.9 Å². The molecule has 2 N–H and O–H groups in total.